The van der Waals surface area contributed by atoms with Crippen molar-refractivity contribution in [2.45, 2.75) is 38.1 Å². The van der Waals surface area contributed by atoms with Gasteiger partial charge in [-0.2, -0.15) is 0 Å². The summed E-state index contributed by atoms with van der Waals surface area (Å²) >= 11 is 0. The SMILES string of the molecule is CCCC(CCC=O)(c1ccccc1)N(C)C. The molecular formula is C15H23NO. The van der Waals surface area contributed by atoms with Crippen LogP contribution in [-0.4, -0.2) is 25.3 Å². The van der Waals surface area contributed by atoms with E-state index in [0.29, 0.717) is 6.42 Å². The maximum absolute atomic E-state index is 10.7. The van der Waals surface area contributed by atoms with E-state index in [1.165, 1.54) is 5.56 Å². The molecule has 0 fully saturated rings. The van der Waals surface area contributed by atoms with Gasteiger partial charge in [0.2, 0.25) is 0 Å². The van der Waals surface area contributed by atoms with E-state index in [1.807, 2.05) is 6.07 Å². The molecule has 1 aromatic rings. The number of benzene rings is 1. The lowest BCUT2D eigenvalue weighted by molar-refractivity contribution is -0.108. The van der Waals surface area contributed by atoms with Crippen molar-refractivity contribution in [3.05, 3.63) is 35.9 Å². The van der Waals surface area contributed by atoms with Crippen LogP contribution in [0.15, 0.2) is 30.3 Å². The predicted molar refractivity (Wildman–Crippen MR) is 72.0 cm³/mol. The van der Waals surface area contributed by atoms with Crippen LogP contribution in [0.5, 0.6) is 0 Å². The van der Waals surface area contributed by atoms with Crippen molar-refractivity contribution in [3.8, 4) is 0 Å². The summed E-state index contributed by atoms with van der Waals surface area (Å²) in [6, 6.07) is 10.5. The summed E-state index contributed by atoms with van der Waals surface area (Å²) in [4.78, 5) is 13.0. The van der Waals surface area contributed by atoms with Crippen LogP contribution in [0.25, 0.3) is 0 Å². The molecule has 0 aromatic heterocycles. The predicted octanol–water partition coefficient (Wildman–Crippen LogP) is 3.22. The molecule has 0 saturated heterocycles. The zero-order chi connectivity index (χ0) is 12.7. The Kier molecular flexibility index (Phi) is 5.36. The average molecular weight is 233 g/mol. The van der Waals surface area contributed by atoms with E-state index in [9.17, 15) is 4.79 Å². The number of carbonyl (C=O) groups is 1. The van der Waals surface area contributed by atoms with Gasteiger partial charge in [0.05, 0.1) is 0 Å². The summed E-state index contributed by atoms with van der Waals surface area (Å²) in [5.41, 5.74) is 1.31. The van der Waals surface area contributed by atoms with Crippen molar-refractivity contribution in [2.75, 3.05) is 14.1 Å². The summed E-state index contributed by atoms with van der Waals surface area (Å²) < 4.78 is 0. The Morgan fingerprint density at radius 3 is 2.29 bits per heavy atom. The Morgan fingerprint density at radius 2 is 1.82 bits per heavy atom. The molecule has 1 unspecified atom stereocenters. The first-order valence-electron chi connectivity index (χ1n) is 6.34. The molecule has 0 aliphatic carbocycles. The molecule has 94 valence electrons. The average Bonchev–Trinajstić information content (AvgIpc) is 2.35. The smallest absolute Gasteiger partial charge is 0.120 e. The van der Waals surface area contributed by atoms with Gasteiger partial charge >= 0.3 is 0 Å². The molecule has 1 rings (SSSR count). The molecule has 0 spiro atoms. The molecule has 0 N–H and O–H groups in total. The highest BCUT2D eigenvalue weighted by molar-refractivity contribution is 5.49. The van der Waals surface area contributed by atoms with Gasteiger partial charge in [-0.3, -0.25) is 4.90 Å². The van der Waals surface area contributed by atoms with Crippen molar-refractivity contribution < 1.29 is 4.79 Å². The van der Waals surface area contributed by atoms with Crippen LogP contribution in [0, 0.1) is 0 Å². The fraction of sp³-hybridized carbons (Fsp3) is 0.533. The minimum atomic E-state index is -0.00306. The monoisotopic (exact) mass is 233 g/mol. The van der Waals surface area contributed by atoms with Gasteiger partial charge in [-0.05, 0) is 32.5 Å². The van der Waals surface area contributed by atoms with E-state index < -0.39 is 0 Å². The lowest BCUT2D eigenvalue weighted by Gasteiger charge is -2.40. The third-order valence-electron chi connectivity index (χ3n) is 3.51. The number of hydrogen-bond acceptors (Lipinski definition) is 2. The third-order valence-corrected chi connectivity index (χ3v) is 3.51. The number of carbonyl (C=O) groups excluding carboxylic acids is 1. The fourth-order valence-corrected chi connectivity index (χ4v) is 2.58. The number of aldehydes is 1. The van der Waals surface area contributed by atoms with Crippen molar-refractivity contribution >= 4 is 6.29 Å². The minimum absolute atomic E-state index is 0.00306. The van der Waals surface area contributed by atoms with Crippen molar-refractivity contribution in [3.63, 3.8) is 0 Å². The van der Waals surface area contributed by atoms with E-state index in [4.69, 9.17) is 0 Å². The number of rotatable bonds is 7. The van der Waals surface area contributed by atoms with Crippen LogP contribution in [0.4, 0.5) is 0 Å². The lowest BCUT2D eigenvalue weighted by Crippen LogP contribution is -2.41. The van der Waals surface area contributed by atoms with Gasteiger partial charge in [0, 0.05) is 12.0 Å². The summed E-state index contributed by atoms with van der Waals surface area (Å²) in [6.07, 6.45) is 4.73. The lowest BCUT2D eigenvalue weighted by atomic mass is 9.80. The van der Waals surface area contributed by atoms with Crippen LogP contribution >= 0.6 is 0 Å². The van der Waals surface area contributed by atoms with Crippen LogP contribution in [0.3, 0.4) is 0 Å². The molecule has 0 aliphatic heterocycles. The normalized spacial score (nSPS) is 14.6. The standard InChI is InChI=1S/C15H23NO/c1-4-11-15(16(2)3,12-8-13-17)14-9-6-5-7-10-14/h5-7,9-10,13H,4,8,11-12H2,1-3H3. The van der Waals surface area contributed by atoms with Gasteiger partial charge in [-0.1, -0.05) is 43.7 Å². The molecule has 1 aromatic carbocycles. The molecule has 0 bridgehead atoms. The largest absolute Gasteiger partial charge is 0.303 e. The molecule has 17 heavy (non-hydrogen) atoms. The van der Waals surface area contributed by atoms with Gasteiger partial charge in [-0.25, -0.2) is 0 Å². The summed E-state index contributed by atoms with van der Waals surface area (Å²) in [7, 11) is 4.21. The van der Waals surface area contributed by atoms with E-state index in [2.05, 4.69) is 50.2 Å². The third kappa shape index (κ3) is 3.16. The maximum atomic E-state index is 10.7. The molecule has 0 aliphatic rings. The first-order chi connectivity index (χ1) is 8.17. The molecule has 2 heteroatoms. The zero-order valence-electron chi connectivity index (χ0n) is 11.1. The van der Waals surface area contributed by atoms with Crippen molar-refractivity contribution in [2.24, 2.45) is 0 Å². The molecule has 1 atom stereocenters. The van der Waals surface area contributed by atoms with Crippen molar-refractivity contribution in [1.82, 2.24) is 4.90 Å². The maximum Gasteiger partial charge on any atom is 0.120 e. The molecule has 0 saturated carbocycles. The number of nitrogens with zero attached hydrogens (tertiary/aromatic N) is 1. The second-order valence-electron chi connectivity index (χ2n) is 4.75. The van der Waals surface area contributed by atoms with E-state index in [-0.39, 0.29) is 5.54 Å². The van der Waals surface area contributed by atoms with E-state index in [1.54, 1.807) is 0 Å². The molecule has 2 nitrogen and oxygen atoms in total. The topological polar surface area (TPSA) is 20.3 Å². The van der Waals surface area contributed by atoms with Gasteiger partial charge in [0.15, 0.2) is 0 Å². The minimum Gasteiger partial charge on any atom is -0.303 e. The second kappa shape index (κ2) is 6.55. The first-order valence-corrected chi connectivity index (χ1v) is 6.34. The van der Waals surface area contributed by atoms with Crippen LogP contribution in [0.2, 0.25) is 0 Å². The molecular weight excluding hydrogens is 210 g/mol. The van der Waals surface area contributed by atoms with Crippen LogP contribution in [-0.2, 0) is 10.3 Å². The van der Waals surface area contributed by atoms with Crippen LogP contribution < -0.4 is 0 Å². The summed E-state index contributed by atoms with van der Waals surface area (Å²) in [6.45, 7) is 2.20. The second-order valence-corrected chi connectivity index (χ2v) is 4.75. The van der Waals surface area contributed by atoms with Gasteiger partial charge in [0.1, 0.15) is 6.29 Å². The fourth-order valence-electron chi connectivity index (χ4n) is 2.58. The quantitative estimate of drug-likeness (QED) is 0.674. The number of hydrogen-bond donors (Lipinski definition) is 0. The highest BCUT2D eigenvalue weighted by Gasteiger charge is 2.32. The summed E-state index contributed by atoms with van der Waals surface area (Å²) in [5.74, 6) is 0. The summed E-state index contributed by atoms with van der Waals surface area (Å²) in [5, 5.41) is 0. The Labute approximate surface area is 105 Å². The molecule has 0 amide bonds. The molecule has 0 heterocycles. The Morgan fingerprint density at radius 1 is 1.18 bits per heavy atom. The highest BCUT2D eigenvalue weighted by Crippen LogP contribution is 2.35. The Balaban J connectivity index is 3.09. The Hall–Kier alpha value is -1.15. The van der Waals surface area contributed by atoms with E-state index in [0.717, 1.165) is 25.5 Å². The first kappa shape index (κ1) is 13.9. The van der Waals surface area contributed by atoms with Gasteiger partial charge in [-0.15, -0.1) is 0 Å². The zero-order valence-corrected chi connectivity index (χ0v) is 11.1. The van der Waals surface area contributed by atoms with Crippen LogP contribution in [0.1, 0.15) is 38.2 Å². The Bertz CT molecular complexity index is 334. The molecule has 0 radical (unpaired) electrons. The van der Waals surface area contributed by atoms with Gasteiger partial charge in [0.25, 0.3) is 0 Å². The van der Waals surface area contributed by atoms with Gasteiger partial charge < -0.3 is 4.79 Å². The van der Waals surface area contributed by atoms with Crippen molar-refractivity contribution in [1.29, 1.82) is 0 Å². The highest BCUT2D eigenvalue weighted by atomic mass is 16.1. The van der Waals surface area contributed by atoms with E-state index >= 15 is 0 Å².